The molecule has 1 atom stereocenters. The standard InChI is InChI=1S/C17H22F3N3O2.HI/c1-21-15(23-8-6-16(11-23)7-9-24-12-16)22-10-13-4-2-3-5-14(13)25-17(18,19)20;/h2-5H,6-12H2,1H3,(H,21,22);1H. The lowest BCUT2D eigenvalue weighted by Crippen LogP contribution is -2.41. The molecule has 146 valence electrons. The fraction of sp³-hybridized carbons (Fsp3) is 0.588. The summed E-state index contributed by atoms with van der Waals surface area (Å²) in [5, 5.41) is 3.15. The summed E-state index contributed by atoms with van der Waals surface area (Å²) in [4.78, 5) is 6.41. The Morgan fingerprint density at radius 2 is 2.12 bits per heavy atom. The molecule has 0 aliphatic carbocycles. The zero-order valence-corrected chi connectivity index (χ0v) is 16.8. The Morgan fingerprint density at radius 3 is 2.77 bits per heavy atom. The summed E-state index contributed by atoms with van der Waals surface area (Å²) in [5.74, 6) is 0.491. The summed E-state index contributed by atoms with van der Waals surface area (Å²) < 4.78 is 47.2. The Labute approximate surface area is 168 Å². The molecule has 2 heterocycles. The second kappa shape index (κ2) is 8.64. The van der Waals surface area contributed by atoms with Crippen LogP contribution in [0.1, 0.15) is 18.4 Å². The molecular formula is C17H23F3IN3O2. The van der Waals surface area contributed by atoms with Gasteiger partial charge in [-0.2, -0.15) is 0 Å². The van der Waals surface area contributed by atoms with Crippen LogP contribution in [0.4, 0.5) is 13.2 Å². The molecule has 1 spiro atoms. The Balaban J connectivity index is 0.00000243. The lowest BCUT2D eigenvalue weighted by atomic mass is 9.87. The van der Waals surface area contributed by atoms with Crippen molar-refractivity contribution in [1.82, 2.24) is 10.2 Å². The number of ether oxygens (including phenoxy) is 2. The second-order valence-corrected chi connectivity index (χ2v) is 6.53. The first kappa shape index (κ1) is 21.1. The maximum atomic E-state index is 12.5. The topological polar surface area (TPSA) is 46.1 Å². The Bertz CT molecular complexity index is 634. The first-order valence-corrected chi connectivity index (χ1v) is 8.28. The third-order valence-corrected chi connectivity index (χ3v) is 4.77. The van der Waals surface area contributed by atoms with E-state index in [1.54, 1.807) is 19.2 Å². The third-order valence-electron chi connectivity index (χ3n) is 4.77. The Kier molecular flexibility index (Phi) is 7.00. The number of benzene rings is 1. The largest absolute Gasteiger partial charge is 0.573 e. The molecule has 0 amide bonds. The van der Waals surface area contributed by atoms with Crippen LogP contribution >= 0.6 is 24.0 Å². The molecule has 2 fully saturated rings. The summed E-state index contributed by atoms with van der Waals surface area (Å²) >= 11 is 0. The van der Waals surface area contributed by atoms with Crippen molar-refractivity contribution in [3.05, 3.63) is 29.8 Å². The molecule has 0 saturated carbocycles. The predicted molar refractivity (Wildman–Crippen MR) is 103 cm³/mol. The maximum Gasteiger partial charge on any atom is 0.573 e. The summed E-state index contributed by atoms with van der Waals surface area (Å²) in [5.41, 5.74) is 0.619. The summed E-state index contributed by atoms with van der Waals surface area (Å²) in [6.45, 7) is 3.49. The van der Waals surface area contributed by atoms with E-state index in [1.165, 1.54) is 12.1 Å². The fourth-order valence-corrected chi connectivity index (χ4v) is 3.47. The predicted octanol–water partition coefficient (Wildman–Crippen LogP) is 3.39. The Morgan fingerprint density at radius 1 is 1.35 bits per heavy atom. The van der Waals surface area contributed by atoms with Crippen LogP contribution in [0, 0.1) is 5.41 Å². The van der Waals surface area contributed by atoms with Crippen LogP contribution in [0.3, 0.4) is 0 Å². The van der Waals surface area contributed by atoms with Crippen molar-refractivity contribution < 1.29 is 22.6 Å². The number of para-hydroxylation sites is 1. The molecule has 2 aliphatic rings. The van der Waals surface area contributed by atoms with Gasteiger partial charge in [-0.3, -0.25) is 4.99 Å². The van der Waals surface area contributed by atoms with E-state index >= 15 is 0 Å². The van der Waals surface area contributed by atoms with Crippen molar-refractivity contribution >= 4 is 29.9 Å². The van der Waals surface area contributed by atoms with Gasteiger partial charge in [0, 0.05) is 44.3 Å². The number of hydrogen-bond donors (Lipinski definition) is 1. The molecule has 1 N–H and O–H groups in total. The van der Waals surface area contributed by atoms with Crippen molar-refractivity contribution in [2.75, 3.05) is 33.4 Å². The van der Waals surface area contributed by atoms with E-state index in [9.17, 15) is 13.2 Å². The highest BCUT2D eigenvalue weighted by Crippen LogP contribution is 2.38. The molecule has 2 aliphatic heterocycles. The number of halogens is 4. The zero-order valence-electron chi connectivity index (χ0n) is 14.5. The lowest BCUT2D eigenvalue weighted by molar-refractivity contribution is -0.274. The van der Waals surface area contributed by atoms with Crippen molar-refractivity contribution in [2.45, 2.75) is 25.7 Å². The van der Waals surface area contributed by atoms with Crippen molar-refractivity contribution in [3.63, 3.8) is 0 Å². The smallest absolute Gasteiger partial charge is 0.405 e. The average molecular weight is 485 g/mol. The van der Waals surface area contributed by atoms with Crippen LogP contribution in [0.2, 0.25) is 0 Å². The van der Waals surface area contributed by atoms with Crippen LogP contribution in [-0.2, 0) is 11.3 Å². The van der Waals surface area contributed by atoms with Crippen LogP contribution in [-0.4, -0.2) is 50.6 Å². The number of aliphatic imine (C=N–C) groups is 1. The van der Waals surface area contributed by atoms with Gasteiger partial charge in [-0.25, -0.2) is 0 Å². The van der Waals surface area contributed by atoms with Gasteiger partial charge >= 0.3 is 6.36 Å². The van der Waals surface area contributed by atoms with E-state index in [0.717, 1.165) is 39.1 Å². The highest BCUT2D eigenvalue weighted by atomic mass is 127. The number of guanidine groups is 1. The summed E-state index contributed by atoms with van der Waals surface area (Å²) in [6, 6.07) is 6.12. The van der Waals surface area contributed by atoms with Crippen molar-refractivity contribution in [2.24, 2.45) is 10.4 Å². The normalized spacial score (nSPS) is 23.2. The number of likely N-dealkylation sites (tertiary alicyclic amines) is 1. The van der Waals surface area contributed by atoms with Crippen LogP contribution in [0.25, 0.3) is 0 Å². The first-order chi connectivity index (χ1) is 11.9. The van der Waals surface area contributed by atoms with Gasteiger partial charge in [-0.1, -0.05) is 18.2 Å². The van der Waals surface area contributed by atoms with Gasteiger partial charge in [-0.05, 0) is 18.9 Å². The molecule has 0 bridgehead atoms. The molecule has 9 heteroatoms. The second-order valence-electron chi connectivity index (χ2n) is 6.53. The molecule has 3 rings (SSSR count). The van der Waals surface area contributed by atoms with Gasteiger partial charge < -0.3 is 19.7 Å². The fourth-order valence-electron chi connectivity index (χ4n) is 3.47. The number of nitrogens with zero attached hydrogens (tertiary/aromatic N) is 2. The number of hydrogen-bond acceptors (Lipinski definition) is 3. The maximum absolute atomic E-state index is 12.5. The van der Waals surface area contributed by atoms with Gasteiger partial charge in [0.05, 0.1) is 6.61 Å². The number of rotatable bonds is 3. The Hall–Kier alpha value is -1.23. The van der Waals surface area contributed by atoms with Crippen LogP contribution in [0.15, 0.2) is 29.3 Å². The minimum Gasteiger partial charge on any atom is -0.405 e. The van der Waals surface area contributed by atoms with E-state index < -0.39 is 6.36 Å². The molecule has 5 nitrogen and oxygen atoms in total. The van der Waals surface area contributed by atoms with Gasteiger partial charge in [0.1, 0.15) is 5.75 Å². The summed E-state index contributed by atoms with van der Waals surface area (Å²) in [6.07, 6.45) is -2.62. The van der Waals surface area contributed by atoms with Crippen molar-refractivity contribution in [1.29, 1.82) is 0 Å². The van der Waals surface area contributed by atoms with E-state index in [-0.39, 0.29) is 41.7 Å². The monoisotopic (exact) mass is 485 g/mol. The van der Waals surface area contributed by atoms with Gasteiger partial charge in [-0.15, -0.1) is 37.1 Å². The van der Waals surface area contributed by atoms with Gasteiger partial charge in [0.2, 0.25) is 0 Å². The zero-order chi connectivity index (χ0) is 17.9. The molecular weight excluding hydrogens is 462 g/mol. The molecule has 2 saturated heterocycles. The molecule has 26 heavy (non-hydrogen) atoms. The quantitative estimate of drug-likeness (QED) is 0.405. The third kappa shape index (κ3) is 5.15. The highest BCUT2D eigenvalue weighted by molar-refractivity contribution is 14.0. The van der Waals surface area contributed by atoms with E-state index in [4.69, 9.17) is 4.74 Å². The van der Waals surface area contributed by atoms with E-state index in [1.807, 2.05) is 0 Å². The highest BCUT2D eigenvalue weighted by Gasteiger charge is 2.42. The molecule has 1 unspecified atom stereocenters. The number of alkyl halides is 3. The average Bonchev–Trinajstić information content (AvgIpc) is 3.19. The van der Waals surface area contributed by atoms with Gasteiger partial charge in [0.25, 0.3) is 0 Å². The molecule has 1 aromatic rings. The number of nitrogens with one attached hydrogen (secondary N) is 1. The van der Waals surface area contributed by atoms with Gasteiger partial charge in [0.15, 0.2) is 5.96 Å². The minimum absolute atomic E-state index is 0. The molecule has 0 aromatic heterocycles. The lowest BCUT2D eigenvalue weighted by Gasteiger charge is -2.25. The SMILES string of the molecule is CN=C(NCc1ccccc1OC(F)(F)F)N1CCC2(CCOC2)C1.I. The van der Waals surface area contributed by atoms with E-state index in [2.05, 4.69) is 19.9 Å². The van der Waals surface area contributed by atoms with Crippen molar-refractivity contribution in [3.8, 4) is 5.75 Å². The first-order valence-electron chi connectivity index (χ1n) is 8.28. The molecule has 0 radical (unpaired) electrons. The van der Waals surface area contributed by atoms with Crippen LogP contribution in [0.5, 0.6) is 5.75 Å². The van der Waals surface area contributed by atoms with E-state index in [0.29, 0.717) is 11.5 Å². The molecule has 1 aromatic carbocycles. The minimum atomic E-state index is -4.71. The van der Waals surface area contributed by atoms with Crippen LogP contribution < -0.4 is 10.1 Å². The summed E-state index contributed by atoms with van der Waals surface area (Å²) in [7, 11) is 1.68.